The minimum atomic E-state index is -0.351. The summed E-state index contributed by atoms with van der Waals surface area (Å²) >= 11 is 0. The van der Waals surface area contributed by atoms with Gasteiger partial charge in [-0.25, -0.2) is 0 Å². The number of aliphatic hydroxyl groups is 1. The average Bonchev–Trinajstić information content (AvgIpc) is 2.76. The number of aromatic nitrogens is 1. The largest absolute Gasteiger partial charge is 0.388 e. The number of methoxy groups -OCH3 is 1. The van der Waals surface area contributed by atoms with E-state index in [4.69, 9.17) is 9.47 Å². The first-order valence-electron chi connectivity index (χ1n) is 5.68. The molecule has 1 aromatic rings. The van der Waals surface area contributed by atoms with Gasteiger partial charge in [-0.1, -0.05) is 6.92 Å². The van der Waals surface area contributed by atoms with Crippen molar-refractivity contribution >= 4 is 0 Å². The molecule has 1 rings (SSSR count). The molecule has 4 heteroatoms. The van der Waals surface area contributed by atoms with Crippen LogP contribution >= 0.6 is 0 Å². The minimum absolute atomic E-state index is 0.351. The van der Waals surface area contributed by atoms with Crippen molar-refractivity contribution < 1.29 is 14.6 Å². The topological polar surface area (TPSA) is 43.6 Å². The molecule has 1 aromatic heterocycles. The Kier molecular flexibility index (Phi) is 6.15. The van der Waals surface area contributed by atoms with Crippen LogP contribution in [-0.4, -0.2) is 36.6 Å². The maximum atomic E-state index is 9.62. The summed E-state index contributed by atoms with van der Waals surface area (Å²) in [7, 11) is 1.66. The molecule has 92 valence electrons. The lowest BCUT2D eigenvalue weighted by Gasteiger charge is -2.06. The zero-order chi connectivity index (χ0) is 11.8. The van der Waals surface area contributed by atoms with Gasteiger partial charge in [0, 0.05) is 26.0 Å². The van der Waals surface area contributed by atoms with E-state index in [9.17, 15) is 5.11 Å². The van der Waals surface area contributed by atoms with Crippen molar-refractivity contribution in [3.8, 4) is 0 Å². The first kappa shape index (κ1) is 13.2. The molecule has 1 unspecified atom stereocenters. The number of hydrogen-bond donors (Lipinski definition) is 1. The van der Waals surface area contributed by atoms with E-state index in [1.807, 2.05) is 30.0 Å². The third kappa shape index (κ3) is 4.35. The Labute approximate surface area is 96.8 Å². The zero-order valence-electron chi connectivity index (χ0n) is 10.1. The summed E-state index contributed by atoms with van der Waals surface area (Å²) in [6.45, 7) is 4.70. The van der Waals surface area contributed by atoms with Gasteiger partial charge in [-0.3, -0.25) is 0 Å². The Hall–Kier alpha value is -0.840. The van der Waals surface area contributed by atoms with Gasteiger partial charge in [0.15, 0.2) is 0 Å². The number of nitrogens with zero attached hydrogens (tertiary/aromatic N) is 1. The second-order valence-electron chi connectivity index (χ2n) is 3.71. The van der Waals surface area contributed by atoms with E-state index < -0.39 is 0 Å². The third-order valence-electron chi connectivity index (χ3n) is 2.47. The Morgan fingerprint density at radius 3 is 2.88 bits per heavy atom. The van der Waals surface area contributed by atoms with Gasteiger partial charge in [0.25, 0.3) is 0 Å². The van der Waals surface area contributed by atoms with Crippen LogP contribution in [0.3, 0.4) is 0 Å². The Bertz CT molecular complexity index is 286. The van der Waals surface area contributed by atoms with Gasteiger partial charge in [-0.05, 0) is 18.1 Å². The molecule has 0 bridgehead atoms. The predicted octanol–water partition coefficient (Wildman–Crippen LogP) is 1.59. The highest BCUT2D eigenvalue weighted by Crippen LogP contribution is 2.15. The van der Waals surface area contributed by atoms with Crippen molar-refractivity contribution in [1.29, 1.82) is 0 Å². The minimum Gasteiger partial charge on any atom is -0.388 e. The molecule has 0 saturated carbocycles. The molecule has 0 saturated heterocycles. The fourth-order valence-electron chi connectivity index (χ4n) is 1.45. The van der Waals surface area contributed by atoms with Crippen LogP contribution in [0.15, 0.2) is 18.5 Å². The van der Waals surface area contributed by atoms with Crippen LogP contribution < -0.4 is 0 Å². The molecule has 1 N–H and O–H groups in total. The quantitative estimate of drug-likeness (QED) is 0.686. The summed E-state index contributed by atoms with van der Waals surface area (Å²) in [5.41, 5.74) is 0.972. The SMILES string of the molecule is CCC(O)c1ccn(CCOCCOC)c1. The zero-order valence-corrected chi connectivity index (χ0v) is 10.1. The van der Waals surface area contributed by atoms with Crippen molar-refractivity contribution in [3.05, 3.63) is 24.0 Å². The van der Waals surface area contributed by atoms with Gasteiger partial charge in [0.05, 0.1) is 25.9 Å². The van der Waals surface area contributed by atoms with Crippen molar-refractivity contribution in [2.75, 3.05) is 26.9 Å². The molecular weight excluding hydrogens is 206 g/mol. The molecule has 0 spiro atoms. The van der Waals surface area contributed by atoms with Crippen molar-refractivity contribution in [3.63, 3.8) is 0 Å². The van der Waals surface area contributed by atoms with Crippen LogP contribution in [0.2, 0.25) is 0 Å². The number of rotatable bonds is 8. The lowest BCUT2D eigenvalue weighted by atomic mass is 10.1. The highest BCUT2D eigenvalue weighted by Gasteiger charge is 2.05. The second kappa shape index (κ2) is 7.44. The summed E-state index contributed by atoms with van der Waals surface area (Å²) in [6.07, 6.45) is 4.33. The van der Waals surface area contributed by atoms with Crippen LogP contribution in [-0.2, 0) is 16.0 Å². The van der Waals surface area contributed by atoms with Crippen LogP contribution in [0.1, 0.15) is 25.0 Å². The summed E-state index contributed by atoms with van der Waals surface area (Å²) in [6, 6.07) is 1.95. The molecule has 1 heterocycles. The molecule has 0 fully saturated rings. The Morgan fingerprint density at radius 1 is 1.38 bits per heavy atom. The highest BCUT2D eigenvalue weighted by atomic mass is 16.5. The van der Waals surface area contributed by atoms with Gasteiger partial charge in [0.1, 0.15) is 0 Å². The first-order chi connectivity index (χ1) is 7.77. The fourth-order valence-corrected chi connectivity index (χ4v) is 1.45. The number of hydrogen-bond acceptors (Lipinski definition) is 3. The maximum absolute atomic E-state index is 9.62. The molecule has 0 radical (unpaired) electrons. The van der Waals surface area contributed by atoms with Gasteiger partial charge in [-0.2, -0.15) is 0 Å². The van der Waals surface area contributed by atoms with Crippen LogP contribution in [0, 0.1) is 0 Å². The van der Waals surface area contributed by atoms with Gasteiger partial charge < -0.3 is 19.1 Å². The van der Waals surface area contributed by atoms with Crippen molar-refractivity contribution in [1.82, 2.24) is 4.57 Å². The van der Waals surface area contributed by atoms with Crippen molar-refractivity contribution in [2.24, 2.45) is 0 Å². The normalized spacial score (nSPS) is 12.9. The van der Waals surface area contributed by atoms with Gasteiger partial charge in [0.2, 0.25) is 0 Å². The molecule has 1 atom stereocenters. The molecular formula is C12H21NO3. The Morgan fingerprint density at radius 2 is 2.19 bits per heavy atom. The van der Waals surface area contributed by atoms with Crippen molar-refractivity contribution in [2.45, 2.75) is 26.0 Å². The van der Waals surface area contributed by atoms with E-state index in [1.54, 1.807) is 7.11 Å². The second-order valence-corrected chi connectivity index (χ2v) is 3.71. The van der Waals surface area contributed by atoms with Gasteiger partial charge in [-0.15, -0.1) is 0 Å². The maximum Gasteiger partial charge on any atom is 0.0802 e. The number of aliphatic hydroxyl groups excluding tert-OH is 1. The third-order valence-corrected chi connectivity index (χ3v) is 2.47. The van der Waals surface area contributed by atoms with E-state index in [0.717, 1.165) is 18.5 Å². The van der Waals surface area contributed by atoms with Crippen LogP contribution in [0.4, 0.5) is 0 Å². The number of ether oxygens (including phenoxy) is 2. The standard InChI is InChI=1S/C12H21NO3/c1-3-12(14)11-4-5-13(10-11)6-7-16-9-8-15-2/h4-5,10,12,14H,3,6-9H2,1-2H3. The molecule has 4 nitrogen and oxygen atoms in total. The molecule has 0 amide bonds. The van der Waals surface area contributed by atoms with Gasteiger partial charge >= 0.3 is 0 Å². The average molecular weight is 227 g/mol. The van der Waals surface area contributed by atoms with E-state index >= 15 is 0 Å². The fraction of sp³-hybridized carbons (Fsp3) is 0.667. The van der Waals surface area contributed by atoms with Crippen LogP contribution in [0.25, 0.3) is 0 Å². The first-order valence-corrected chi connectivity index (χ1v) is 5.68. The monoisotopic (exact) mass is 227 g/mol. The molecule has 0 aliphatic rings. The smallest absolute Gasteiger partial charge is 0.0802 e. The van der Waals surface area contributed by atoms with E-state index in [0.29, 0.717) is 19.8 Å². The molecule has 0 aliphatic carbocycles. The Balaban J connectivity index is 2.24. The summed E-state index contributed by atoms with van der Waals surface area (Å²) in [4.78, 5) is 0. The molecule has 0 aromatic carbocycles. The predicted molar refractivity (Wildman–Crippen MR) is 62.4 cm³/mol. The lowest BCUT2D eigenvalue weighted by Crippen LogP contribution is -2.08. The molecule has 16 heavy (non-hydrogen) atoms. The lowest BCUT2D eigenvalue weighted by molar-refractivity contribution is 0.0666. The summed E-state index contributed by atoms with van der Waals surface area (Å²) in [5.74, 6) is 0. The van der Waals surface area contributed by atoms with E-state index in [2.05, 4.69) is 0 Å². The molecule has 0 aliphatic heterocycles. The van der Waals surface area contributed by atoms with E-state index in [-0.39, 0.29) is 6.10 Å². The summed E-state index contributed by atoms with van der Waals surface area (Å²) < 4.78 is 12.3. The van der Waals surface area contributed by atoms with Crippen LogP contribution in [0.5, 0.6) is 0 Å². The van der Waals surface area contributed by atoms with E-state index in [1.165, 1.54) is 0 Å². The summed E-state index contributed by atoms with van der Waals surface area (Å²) in [5, 5.41) is 9.62. The highest BCUT2D eigenvalue weighted by molar-refractivity contribution is 5.13.